The second-order valence-electron chi connectivity index (χ2n) is 6.34. The number of nitrogens with zero attached hydrogens (tertiary/aromatic N) is 2. The zero-order valence-electron chi connectivity index (χ0n) is 14.9. The van der Waals surface area contributed by atoms with Crippen LogP contribution in [0.25, 0.3) is 11.1 Å². The van der Waals surface area contributed by atoms with E-state index in [2.05, 4.69) is 15.3 Å². The first-order valence-corrected chi connectivity index (χ1v) is 8.76. The molecule has 2 aromatic heterocycles. The minimum absolute atomic E-state index is 0.128. The van der Waals surface area contributed by atoms with Gasteiger partial charge in [-0.2, -0.15) is 0 Å². The van der Waals surface area contributed by atoms with Gasteiger partial charge in [-0.05, 0) is 54.8 Å². The second-order valence-corrected chi connectivity index (χ2v) is 6.34. The first kappa shape index (κ1) is 17.0. The fraction of sp³-hybridized carbons (Fsp3) is 0.190. The number of nitrogens with one attached hydrogen (secondary N) is 1. The van der Waals surface area contributed by atoms with E-state index < -0.39 is 0 Å². The first-order chi connectivity index (χ1) is 13.2. The molecule has 1 aliphatic carbocycles. The van der Waals surface area contributed by atoms with Crippen molar-refractivity contribution in [3.63, 3.8) is 0 Å². The fourth-order valence-corrected chi connectivity index (χ4v) is 2.71. The number of benzene rings is 1. The van der Waals surface area contributed by atoms with Crippen LogP contribution in [-0.4, -0.2) is 29.0 Å². The number of pyridine rings is 2. The minimum atomic E-state index is -0.128. The molecule has 4 rings (SSSR count). The average Bonchev–Trinajstić information content (AvgIpc) is 3.53. The van der Waals surface area contributed by atoms with E-state index in [9.17, 15) is 4.79 Å². The number of ether oxygens (including phenoxy) is 2. The molecule has 1 amide bonds. The first-order valence-electron chi connectivity index (χ1n) is 8.76. The standard InChI is InChI=1S/C21H19N3O3/c1-26-17-11-15(20(25)24-16-4-5-16)12-18(13-17)27-21-19(3-2-8-23-21)14-6-9-22-10-7-14/h2-3,6-13,16H,4-5H2,1H3,(H,24,25). The minimum Gasteiger partial charge on any atom is -0.497 e. The van der Waals surface area contributed by atoms with Gasteiger partial charge in [0.25, 0.3) is 5.91 Å². The molecule has 0 aliphatic heterocycles. The van der Waals surface area contributed by atoms with Gasteiger partial charge in [0, 0.05) is 41.8 Å². The molecule has 1 N–H and O–H groups in total. The zero-order valence-corrected chi connectivity index (χ0v) is 14.9. The van der Waals surface area contributed by atoms with Crippen molar-refractivity contribution >= 4 is 5.91 Å². The Hall–Kier alpha value is -3.41. The van der Waals surface area contributed by atoms with Crippen molar-refractivity contribution in [2.45, 2.75) is 18.9 Å². The van der Waals surface area contributed by atoms with Crippen molar-refractivity contribution in [2.24, 2.45) is 0 Å². The highest BCUT2D eigenvalue weighted by Gasteiger charge is 2.24. The van der Waals surface area contributed by atoms with Crippen molar-refractivity contribution in [2.75, 3.05) is 7.11 Å². The molecule has 27 heavy (non-hydrogen) atoms. The van der Waals surface area contributed by atoms with Gasteiger partial charge in [0.1, 0.15) is 11.5 Å². The molecule has 0 saturated heterocycles. The third kappa shape index (κ3) is 4.06. The molecule has 0 unspecified atom stereocenters. The lowest BCUT2D eigenvalue weighted by Gasteiger charge is -2.12. The predicted octanol–water partition coefficient (Wildman–Crippen LogP) is 3.84. The van der Waals surface area contributed by atoms with Crippen LogP contribution in [0.15, 0.2) is 61.1 Å². The third-order valence-electron chi connectivity index (χ3n) is 4.27. The molecule has 0 atom stereocenters. The van der Waals surface area contributed by atoms with Crippen molar-refractivity contribution < 1.29 is 14.3 Å². The van der Waals surface area contributed by atoms with Crippen LogP contribution >= 0.6 is 0 Å². The van der Waals surface area contributed by atoms with Gasteiger partial charge in [-0.25, -0.2) is 4.98 Å². The third-order valence-corrected chi connectivity index (χ3v) is 4.27. The van der Waals surface area contributed by atoms with E-state index in [1.807, 2.05) is 24.3 Å². The van der Waals surface area contributed by atoms with Crippen LogP contribution in [0, 0.1) is 0 Å². The molecule has 1 aliphatic rings. The quantitative estimate of drug-likeness (QED) is 0.722. The Morgan fingerprint density at radius 2 is 1.85 bits per heavy atom. The summed E-state index contributed by atoms with van der Waals surface area (Å²) in [6, 6.07) is 13.0. The summed E-state index contributed by atoms with van der Waals surface area (Å²) < 4.78 is 11.4. The Labute approximate surface area is 157 Å². The predicted molar refractivity (Wildman–Crippen MR) is 101 cm³/mol. The van der Waals surface area contributed by atoms with Crippen LogP contribution < -0.4 is 14.8 Å². The van der Waals surface area contributed by atoms with Crippen LogP contribution in [0.4, 0.5) is 0 Å². The highest BCUT2D eigenvalue weighted by Crippen LogP contribution is 2.33. The molecular formula is C21H19N3O3. The monoisotopic (exact) mass is 361 g/mol. The molecule has 0 radical (unpaired) electrons. The summed E-state index contributed by atoms with van der Waals surface area (Å²) in [6.07, 6.45) is 7.17. The summed E-state index contributed by atoms with van der Waals surface area (Å²) in [6.45, 7) is 0. The van der Waals surface area contributed by atoms with Crippen molar-refractivity contribution in [3.8, 4) is 28.5 Å². The average molecular weight is 361 g/mol. The summed E-state index contributed by atoms with van der Waals surface area (Å²) in [5.41, 5.74) is 2.28. The van der Waals surface area contributed by atoms with Gasteiger partial charge in [-0.3, -0.25) is 9.78 Å². The summed E-state index contributed by atoms with van der Waals surface area (Å²) in [7, 11) is 1.56. The van der Waals surface area contributed by atoms with Gasteiger partial charge < -0.3 is 14.8 Å². The Morgan fingerprint density at radius 3 is 2.59 bits per heavy atom. The summed E-state index contributed by atoms with van der Waals surface area (Å²) in [5.74, 6) is 1.36. The van der Waals surface area contributed by atoms with Crippen LogP contribution in [-0.2, 0) is 0 Å². The highest BCUT2D eigenvalue weighted by molar-refractivity contribution is 5.95. The largest absolute Gasteiger partial charge is 0.497 e. The molecule has 1 saturated carbocycles. The number of aromatic nitrogens is 2. The topological polar surface area (TPSA) is 73.3 Å². The maximum atomic E-state index is 12.4. The molecule has 3 aromatic rings. The maximum Gasteiger partial charge on any atom is 0.251 e. The van der Waals surface area contributed by atoms with Gasteiger partial charge in [0.2, 0.25) is 5.88 Å². The van der Waals surface area contributed by atoms with E-state index in [1.54, 1.807) is 43.9 Å². The summed E-state index contributed by atoms with van der Waals surface area (Å²) in [4.78, 5) is 20.8. The number of carbonyl (C=O) groups excluding carboxylic acids is 1. The normalized spacial score (nSPS) is 13.1. The van der Waals surface area contributed by atoms with Crippen LogP contribution in [0.1, 0.15) is 23.2 Å². The smallest absolute Gasteiger partial charge is 0.251 e. The summed E-state index contributed by atoms with van der Waals surface area (Å²) in [5, 5.41) is 2.98. The molecule has 0 spiro atoms. The number of carbonyl (C=O) groups is 1. The van der Waals surface area contributed by atoms with E-state index in [0.29, 0.717) is 22.9 Å². The number of rotatable bonds is 6. The second kappa shape index (κ2) is 7.45. The Balaban J connectivity index is 1.65. The number of hydrogen-bond donors (Lipinski definition) is 1. The zero-order chi connectivity index (χ0) is 18.6. The molecule has 1 fully saturated rings. The van der Waals surface area contributed by atoms with E-state index in [1.165, 1.54) is 0 Å². The highest BCUT2D eigenvalue weighted by atomic mass is 16.5. The lowest BCUT2D eigenvalue weighted by Crippen LogP contribution is -2.25. The Morgan fingerprint density at radius 1 is 1.07 bits per heavy atom. The molecule has 6 heteroatoms. The molecule has 0 bridgehead atoms. The van der Waals surface area contributed by atoms with E-state index in [0.717, 1.165) is 24.0 Å². The van der Waals surface area contributed by atoms with Crippen molar-refractivity contribution in [1.29, 1.82) is 0 Å². The molecule has 136 valence electrons. The van der Waals surface area contributed by atoms with Crippen LogP contribution in [0.5, 0.6) is 17.4 Å². The number of hydrogen-bond acceptors (Lipinski definition) is 5. The van der Waals surface area contributed by atoms with Crippen LogP contribution in [0.2, 0.25) is 0 Å². The van der Waals surface area contributed by atoms with Crippen molar-refractivity contribution in [1.82, 2.24) is 15.3 Å². The lowest BCUT2D eigenvalue weighted by atomic mass is 10.1. The van der Waals surface area contributed by atoms with E-state index >= 15 is 0 Å². The SMILES string of the molecule is COc1cc(Oc2ncccc2-c2ccncc2)cc(C(=O)NC2CC2)c1. The van der Waals surface area contributed by atoms with Gasteiger partial charge in [-0.1, -0.05) is 0 Å². The Kier molecular flexibility index (Phi) is 4.70. The lowest BCUT2D eigenvalue weighted by molar-refractivity contribution is 0.0950. The van der Waals surface area contributed by atoms with Crippen molar-refractivity contribution in [3.05, 3.63) is 66.6 Å². The molecular weight excluding hydrogens is 342 g/mol. The van der Waals surface area contributed by atoms with Gasteiger partial charge in [0.05, 0.1) is 7.11 Å². The molecule has 2 heterocycles. The maximum absolute atomic E-state index is 12.4. The molecule has 6 nitrogen and oxygen atoms in total. The molecule has 1 aromatic carbocycles. The fourth-order valence-electron chi connectivity index (χ4n) is 2.71. The van der Waals surface area contributed by atoms with E-state index in [4.69, 9.17) is 9.47 Å². The van der Waals surface area contributed by atoms with Gasteiger partial charge in [-0.15, -0.1) is 0 Å². The van der Waals surface area contributed by atoms with Gasteiger partial charge >= 0.3 is 0 Å². The number of methoxy groups -OCH3 is 1. The Bertz CT molecular complexity index is 956. The van der Waals surface area contributed by atoms with Crippen LogP contribution in [0.3, 0.4) is 0 Å². The van der Waals surface area contributed by atoms with Gasteiger partial charge in [0.15, 0.2) is 0 Å². The number of amides is 1. The van der Waals surface area contributed by atoms with E-state index in [-0.39, 0.29) is 11.9 Å². The summed E-state index contributed by atoms with van der Waals surface area (Å²) >= 11 is 0.